The standard InChI is InChI=1S/C26H32N2O2S/c1-6-15-28(16-7-2)25(30)22-20-14-13-19(26(3,4)5)17-21(20)31-24(22)27-23(29)18-11-9-8-10-12-18/h6-12,19H,1-2,13-17H2,3-5H3,(H,27,29)/t19-/m0/s1. The number of carbonyl (C=O) groups excluding carboxylic acids is 2. The van der Waals surface area contributed by atoms with E-state index in [1.807, 2.05) is 18.2 Å². The number of anilines is 1. The van der Waals surface area contributed by atoms with Gasteiger partial charge in [-0.3, -0.25) is 9.59 Å². The fraction of sp³-hybridized carbons (Fsp3) is 0.385. The van der Waals surface area contributed by atoms with Gasteiger partial charge in [0.15, 0.2) is 0 Å². The van der Waals surface area contributed by atoms with Gasteiger partial charge in [0, 0.05) is 23.5 Å². The van der Waals surface area contributed by atoms with E-state index in [-0.39, 0.29) is 17.2 Å². The molecule has 1 aromatic carbocycles. The topological polar surface area (TPSA) is 49.4 Å². The molecule has 2 amide bonds. The van der Waals surface area contributed by atoms with Crippen LogP contribution in [0.4, 0.5) is 5.00 Å². The second kappa shape index (κ2) is 9.65. The highest BCUT2D eigenvalue weighted by Gasteiger charge is 2.35. The molecule has 0 saturated carbocycles. The average Bonchev–Trinajstić information content (AvgIpc) is 3.10. The Balaban J connectivity index is 2.01. The van der Waals surface area contributed by atoms with Crippen molar-refractivity contribution < 1.29 is 9.59 Å². The number of nitrogens with zero attached hydrogens (tertiary/aromatic N) is 1. The van der Waals surface area contributed by atoms with Crippen LogP contribution < -0.4 is 5.32 Å². The van der Waals surface area contributed by atoms with Gasteiger partial charge in [-0.05, 0) is 48.3 Å². The molecule has 31 heavy (non-hydrogen) atoms. The lowest BCUT2D eigenvalue weighted by Crippen LogP contribution is -2.33. The first-order chi connectivity index (χ1) is 14.8. The van der Waals surface area contributed by atoms with Crippen molar-refractivity contribution >= 4 is 28.2 Å². The fourth-order valence-corrected chi connectivity index (χ4v) is 5.43. The minimum absolute atomic E-state index is 0.0742. The summed E-state index contributed by atoms with van der Waals surface area (Å²) in [6, 6.07) is 9.11. The first kappa shape index (κ1) is 23.0. The van der Waals surface area contributed by atoms with E-state index in [1.54, 1.807) is 40.5 Å². The van der Waals surface area contributed by atoms with Crippen molar-refractivity contribution in [2.24, 2.45) is 11.3 Å². The van der Waals surface area contributed by atoms with E-state index in [0.29, 0.717) is 35.1 Å². The highest BCUT2D eigenvalue weighted by atomic mass is 32.1. The third kappa shape index (κ3) is 5.16. The van der Waals surface area contributed by atoms with Crippen molar-refractivity contribution in [1.29, 1.82) is 0 Å². The molecular weight excluding hydrogens is 404 g/mol. The van der Waals surface area contributed by atoms with Gasteiger partial charge in [0.2, 0.25) is 0 Å². The monoisotopic (exact) mass is 436 g/mol. The molecule has 1 N–H and O–H groups in total. The molecule has 0 aliphatic heterocycles. The molecule has 2 aromatic rings. The quantitative estimate of drug-likeness (QED) is 0.544. The minimum atomic E-state index is -0.195. The Hall–Kier alpha value is -2.66. The fourth-order valence-electron chi connectivity index (χ4n) is 4.11. The second-order valence-corrected chi connectivity index (χ2v) is 10.2. The van der Waals surface area contributed by atoms with Crippen LogP contribution >= 0.6 is 11.3 Å². The Bertz CT molecular complexity index is 959. The van der Waals surface area contributed by atoms with Crippen LogP contribution in [-0.4, -0.2) is 29.8 Å². The van der Waals surface area contributed by atoms with E-state index >= 15 is 0 Å². The molecule has 0 bridgehead atoms. The summed E-state index contributed by atoms with van der Waals surface area (Å²) in [6.07, 6.45) is 6.28. The van der Waals surface area contributed by atoms with Crippen LogP contribution in [0.1, 0.15) is 58.3 Å². The van der Waals surface area contributed by atoms with Crippen molar-refractivity contribution in [3.63, 3.8) is 0 Å². The summed E-state index contributed by atoms with van der Waals surface area (Å²) in [5.41, 5.74) is 2.52. The predicted octanol–water partition coefficient (Wildman–Crippen LogP) is 5.97. The van der Waals surface area contributed by atoms with Crippen LogP contribution in [0.25, 0.3) is 0 Å². The summed E-state index contributed by atoms with van der Waals surface area (Å²) in [6.45, 7) is 15.3. The summed E-state index contributed by atoms with van der Waals surface area (Å²) in [4.78, 5) is 29.4. The third-order valence-corrected chi connectivity index (χ3v) is 7.12. The number of carbonyl (C=O) groups is 2. The number of thiophene rings is 1. The van der Waals surface area contributed by atoms with Crippen LogP contribution in [0.5, 0.6) is 0 Å². The Labute approximate surface area is 189 Å². The molecule has 5 heteroatoms. The lowest BCUT2D eigenvalue weighted by atomic mass is 9.72. The normalized spacial score (nSPS) is 15.6. The van der Waals surface area contributed by atoms with Crippen LogP contribution in [0.15, 0.2) is 55.6 Å². The molecule has 1 aliphatic carbocycles. The predicted molar refractivity (Wildman–Crippen MR) is 130 cm³/mol. The molecule has 3 rings (SSSR count). The number of amides is 2. The Morgan fingerprint density at radius 1 is 1.16 bits per heavy atom. The van der Waals surface area contributed by atoms with Gasteiger partial charge in [-0.25, -0.2) is 0 Å². The van der Waals surface area contributed by atoms with Crippen LogP contribution in [0, 0.1) is 11.3 Å². The van der Waals surface area contributed by atoms with E-state index in [1.165, 1.54) is 4.88 Å². The molecule has 1 heterocycles. The summed E-state index contributed by atoms with van der Waals surface area (Å²) in [7, 11) is 0. The smallest absolute Gasteiger partial charge is 0.257 e. The zero-order valence-corrected chi connectivity index (χ0v) is 19.6. The van der Waals surface area contributed by atoms with Crippen LogP contribution in [-0.2, 0) is 12.8 Å². The van der Waals surface area contributed by atoms with E-state index in [9.17, 15) is 9.59 Å². The number of rotatable bonds is 7. The van der Waals surface area contributed by atoms with Gasteiger partial charge >= 0.3 is 0 Å². The summed E-state index contributed by atoms with van der Waals surface area (Å²) < 4.78 is 0. The molecular formula is C26H32N2O2S. The maximum absolute atomic E-state index is 13.6. The van der Waals surface area contributed by atoms with E-state index < -0.39 is 0 Å². The van der Waals surface area contributed by atoms with Crippen molar-refractivity contribution in [2.45, 2.75) is 40.0 Å². The van der Waals surface area contributed by atoms with E-state index in [4.69, 9.17) is 0 Å². The molecule has 1 atom stereocenters. The number of fused-ring (bicyclic) bond motifs is 1. The van der Waals surface area contributed by atoms with Gasteiger partial charge in [0.05, 0.1) is 5.56 Å². The number of benzene rings is 1. The Kier molecular flexibility index (Phi) is 7.16. The lowest BCUT2D eigenvalue weighted by molar-refractivity contribution is 0.0790. The van der Waals surface area contributed by atoms with Gasteiger partial charge in [0.1, 0.15) is 5.00 Å². The van der Waals surface area contributed by atoms with Gasteiger partial charge in [-0.15, -0.1) is 24.5 Å². The summed E-state index contributed by atoms with van der Waals surface area (Å²) >= 11 is 1.56. The largest absolute Gasteiger partial charge is 0.331 e. The molecule has 0 unspecified atom stereocenters. The Morgan fingerprint density at radius 2 is 1.81 bits per heavy atom. The first-order valence-corrected chi connectivity index (χ1v) is 11.6. The summed E-state index contributed by atoms with van der Waals surface area (Å²) in [5, 5.41) is 3.69. The van der Waals surface area contributed by atoms with Crippen LogP contribution in [0.3, 0.4) is 0 Å². The zero-order chi connectivity index (χ0) is 22.6. The molecule has 1 aliphatic rings. The SMILES string of the molecule is C=CCN(CC=C)C(=O)c1c(NC(=O)c2ccccc2)sc2c1CC[C@H](C(C)(C)C)C2. The van der Waals surface area contributed by atoms with Gasteiger partial charge in [-0.1, -0.05) is 51.1 Å². The van der Waals surface area contributed by atoms with E-state index in [0.717, 1.165) is 24.8 Å². The summed E-state index contributed by atoms with van der Waals surface area (Å²) in [5.74, 6) is 0.284. The second-order valence-electron chi connectivity index (χ2n) is 9.12. The maximum atomic E-state index is 13.6. The minimum Gasteiger partial charge on any atom is -0.331 e. The highest BCUT2D eigenvalue weighted by molar-refractivity contribution is 7.17. The Morgan fingerprint density at radius 3 is 2.39 bits per heavy atom. The van der Waals surface area contributed by atoms with Gasteiger partial charge < -0.3 is 10.2 Å². The first-order valence-electron chi connectivity index (χ1n) is 10.8. The van der Waals surface area contributed by atoms with Crippen molar-refractivity contribution in [3.8, 4) is 0 Å². The molecule has 0 radical (unpaired) electrons. The molecule has 164 valence electrons. The third-order valence-electron chi connectivity index (χ3n) is 5.95. The maximum Gasteiger partial charge on any atom is 0.257 e. The average molecular weight is 437 g/mol. The molecule has 0 saturated heterocycles. The number of hydrogen-bond donors (Lipinski definition) is 1. The molecule has 1 aromatic heterocycles. The number of nitrogens with one attached hydrogen (secondary N) is 1. The van der Waals surface area contributed by atoms with Crippen molar-refractivity contribution in [3.05, 3.63) is 77.2 Å². The van der Waals surface area contributed by atoms with Crippen LogP contribution in [0.2, 0.25) is 0 Å². The van der Waals surface area contributed by atoms with Gasteiger partial charge in [0.25, 0.3) is 11.8 Å². The van der Waals surface area contributed by atoms with Crippen molar-refractivity contribution in [1.82, 2.24) is 4.90 Å². The van der Waals surface area contributed by atoms with E-state index in [2.05, 4.69) is 39.2 Å². The molecule has 0 fully saturated rings. The zero-order valence-electron chi connectivity index (χ0n) is 18.7. The van der Waals surface area contributed by atoms with Crippen molar-refractivity contribution in [2.75, 3.05) is 18.4 Å². The number of hydrogen-bond acceptors (Lipinski definition) is 3. The lowest BCUT2D eigenvalue weighted by Gasteiger charge is -2.34. The molecule has 0 spiro atoms. The van der Waals surface area contributed by atoms with Gasteiger partial charge in [-0.2, -0.15) is 0 Å². The molecule has 4 nitrogen and oxygen atoms in total. The highest BCUT2D eigenvalue weighted by Crippen LogP contribution is 2.44.